The minimum Gasteiger partial charge on any atom is -0.380 e. The minimum atomic E-state index is 0.288. The molecule has 0 aliphatic rings. The van der Waals surface area contributed by atoms with Gasteiger partial charge < -0.3 is 10.5 Å². The van der Waals surface area contributed by atoms with Gasteiger partial charge in [-0.2, -0.15) is 0 Å². The Morgan fingerprint density at radius 1 is 1.32 bits per heavy atom. The summed E-state index contributed by atoms with van der Waals surface area (Å²) in [5.41, 5.74) is 8.45. The van der Waals surface area contributed by atoms with Crippen molar-refractivity contribution in [3.05, 3.63) is 35.4 Å². The zero-order chi connectivity index (χ0) is 14.3. The molecule has 0 heterocycles. The molecule has 0 amide bonds. The van der Waals surface area contributed by atoms with Crippen LogP contribution in [0.1, 0.15) is 37.4 Å². The summed E-state index contributed by atoms with van der Waals surface area (Å²) in [5.74, 6) is 0.723. The van der Waals surface area contributed by atoms with Crippen LogP contribution in [0.3, 0.4) is 0 Å². The van der Waals surface area contributed by atoms with Crippen molar-refractivity contribution in [3.63, 3.8) is 0 Å². The Labute approximate surface area is 117 Å². The molecule has 0 radical (unpaired) electrons. The number of ether oxygens (including phenoxy) is 1. The molecule has 0 aromatic heterocycles. The van der Waals surface area contributed by atoms with Crippen molar-refractivity contribution in [2.45, 2.75) is 32.9 Å². The van der Waals surface area contributed by atoms with Crippen LogP contribution in [0.25, 0.3) is 0 Å². The highest BCUT2D eigenvalue weighted by Crippen LogP contribution is 2.20. The number of nitrogens with two attached hydrogens (primary N) is 1. The van der Waals surface area contributed by atoms with Gasteiger partial charge in [-0.1, -0.05) is 38.1 Å². The largest absolute Gasteiger partial charge is 0.380 e. The zero-order valence-corrected chi connectivity index (χ0v) is 12.7. The number of hydrogen-bond donors (Lipinski definition) is 1. The van der Waals surface area contributed by atoms with E-state index in [0.717, 1.165) is 12.5 Å². The van der Waals surface area contributed by atoms with Crippen LogP contribution in [0, 0.1) is 5.92 Å². The molecule has 1 aromatic rings. The van der Waals surface area contributed by atoms with Gasteiger partial charge in [-0.05, 0) is 37.1 Å². The number of nitrogens with zero attached hydrogens (tertiary/aromatic N) is 1. The highest BCUT2D eigenvalue weighted by molar-refractivity contribution is 5.26. The van der Waals surface area contributed by atoms with Crippen molar-refractivity contribution in [1.29, 1.82) is 0 Å². The second-order valence-electron chi connectivity index (χ2n) is 5.59. The quantitative estimate of drug-likeness (QED) is 0.784. The number of likely N-dealkylation sites (N-methyl/N-ethyl adjacent to an activating group) is 1. The van der Waals surface area contributed by atoms with E-state index in [1.807, 2.05) is 0 Å². The standard InChI is InChI=1S/C16H28N2O/c1-13(2)8-9-18(3)16(11-17)15-7-5-6-14(10-15)12-19-4/h5-7,10,13,16H,8-9,11-12,17H2,1-4H3. The molecule has 1 rings (SSSR count). The molecule has 0 aliphatic carbocycles. The monoisotopic (exact) mass is 264 g/mol. The van der Waals surface area contributed by atoms with Crippen molar-refractivity contribution >= 4 is 0 Å². The summed E-state index contributed by atoms with van der Waals surface area (Å²) in [6.45, 7) is 6.88. The van der Waals surface area contributed by atoms with Gasteiger partial charge in [0.15, 0.2) is 0 Å². The fourth-order valence-corrected chi connectivity index (χ4v) is 2.25. The van der Waals surface area contributed by atoms with Crippen LogP contribution in [0.4, 0.5) is 0 Å². The van der Waals surface area contributed by atoms with E-state index >= 15 is 0 Å². The first kappa shape index (κ1) is 16.2. The summed E-state index contributed by atoms with van der Waals surface area (Å²) in [6, 6.07) is 8.82. The smallest absolute Gasteiger partial charge is 0.0713 e. The lowest BCUT2D eigenvalue weighted by atomic mass is 10.0. The van der Waals surface area contributed by atoms with Crippen molar-refractivity contribution < 1.29 is 4.74 Å². The Morgan fingerprint density at radius 3 is 2.63 bits per heavy atom. The number of hydrogen-bond acceptors (Lipinski definition) is 3. The second kappa shape index (κ2) is 8.31. The summed E-state index contributed by atoms with van der Waals surface area (Å²) in [5, 5.41) is 0. The molecule has 0 saturated carbocycles. The number of benzene rings is 1. The first-order valence-corrected chi connectivity index (χ1v) is 7.06. The Bertz CT molecular complexity index is 366. The maximum Gasteiger partial charge on any atom is 0.0713 e. The minimum absolute atomic E-state index is 0.288. The lowest BCUT2D eigenvalue weighted by molar-refractivity contribution is 0.184. The average Bonchev–Trinajstić information content (AvgIpc) is 2.38. The van der Waals surface area contributed by atoms with Gasteiger partial charge in [0.05, 0.1) is 6.61 Å². The lowest BCUT2D eigenvalue weighted by Crippen LogP contribution is -2.31. The Balaban J connectivity index is 2.75. The molecule has 3 heteroatoms. The maximum absolute atomic E-state index is 5.96. The van der Waals surface area contributed by atoms with Gasteiger partial charge >= 0.3 is 0 Å². The average molecular weight is 264 g/mol. The van der Waals surface area contributed by atoms with E-state index in [-0.39, 0.29) is 6.04 Å². The molecule has 0 fully saturated rings. The third kappa shape index (κ3) is 5.31. The van der Waals surface area contributed by atoms with Crippen LogP contribution in [0.2, 0.25) is 0 Å². The van der Waals surface area contributed by atoms with Gasteiger partial charge in [0, 0.05) is 19.7 Å². The zero-order valence-electron chi connectivity index (χ0n) is 12.7. The molecule has 19 heavy (non-hydrogen) atoms. The van der Waals surface area contributed by atoms with Crippen LogP contribution in [0.15, 0.2) is 24.3 Å². The molecule has 0 aliphatic heterocycles. The third-order valence-electron chi connectivity index (χ3n) is 3.46. The Morgan fingerprint density at radius 2 is 2.05 bits per heavy atom. The molecule has 0 saturated heterocycles. The molecule has 2 N–H and O–H groups in total. The number of rotatable bonds is 8. The molecular weight excluding hydrogens is 236 g/mol. The van der Waals surface area contributed by atoms with Gasteiger partial charge in [0.25, 0.3) is 0 Å². The van der Waals surface area contributed by atoms with Crippen LogP contribution >= 0.6 is 0 Å². The maximum atomic E-state index is 5.96. The lowest BCUT2D eigenvalue weighted by Gasteiger charge is -2.28. The van der Waals surface area contributed by atoms with E-state index in [1.165, 1.54) is 17.5 Å². The predicted molar refractivity (Wildman–Crippen MR) is 81.0 cm³/mol. The first-order chi connectivity index (χ1) is 9.08. The first-order valence-electron chi connectivity index (χ1n) is 7.06. The van der Waals surface area contributed by atoms with Gasteiger partial charge in [-0.15, -0.1) is 0 Å². The predicted octanol–water partition coefficient (Wildman–Crippen LogP) is 2.81. The summed E-state index contributed by atoms with van der Waals surface area (Å²) in [7, 11) is 3.88. The molecule has 0 bridgehead atoms. The topological polar surface area (TPSA) is 38.5 Å². The summed E-state index contributed by atoms with van der Waals surface area (Å²) < 4.78 is 5.19. The van der Waals surface area contributed by atoms with Gasteiger partial charge in [0.1, 0.15) is 0 Å². The summed E-state index contributed by atoms with van der Waals surface area (Å²) in [4.78, 5) is 2.35. The molecule has 3 nitrogen and oxygen atoms in total. The summed E-state index contributed by atoms with van der Waals surface area (Å²) >= 11 is 0. The van der Waals surface area contributed by atoms with Crippen LogP contribution in [0.5, 0.6) is 0 Å². The Kier molecular flexibility index (Phi) is 7.06. The van der Waals surface area contributed by atoms with Crippen LogP contribution in [-0.4, -0.2) is 32.1 Å². The molecule has 1 atom stereocenters. The van der Waals surface area contributed by atoms with E-state index in [9.17, 15) is 0 Å². The van der Waals surface area contributed by atoms with E-state index in [1.54, 1.807) is 7.11 Å². The van der Waals surface area contributed by atoms with Gasteiger partial charge in [-0.3, -0.25) is 4.90 Å². The van der Waals surface area contributed by atoms with Crippen molar-refractivity contribution in [2.75, 3.05) is 27.2 Å². The molecule has 1 aromatic carbocycles. The van der Waals surface area contributed by atoms with Crippen molar-refractivity contribution in [1.82, 2.24) is 4.90 Å². The van der Waals surface area contributed by atoms with E-state index in [4.69, 9.17) is 10.5 Å². The van der Waals surface area contributed by atoms with Crippen molar-refractivity contribution in [3.8, 4) is 0 Å². The van der Waals surface area contributed by atoms with Crippen LogP contribution < -0.4 is 5.73 Å². The van der Waals surface area contributed by atoms with Gasteiger partial charge in [0.2, 0.25) is 0 Å². The normalized spacial score (nSPS) is 13.2. The van der Waals surface area contributed by atoms with E-state index in [0.29, 0.717) is 13.2 Å². The SMILES string of the molecule is COCc1cccc(C(CN)N(C)CCC(C)C)c1. The highest BCUT2D eigenvalue weighted by atomic mass is 16.5. The Hall–Kier alpha value is -0.900. The summed E-state index contributed by atoms with van der Waals surface area (Å²) in [6.07, 6.45) is 1.20. The van der Waals surface area contributed by atoms with Crippen molar-refractivity contribution in [2.24, 2.45) is 11.7 Å². The van der Waals surface area contributed by atoms with Crippen LogP contribution in [-0.2, 0) is 11.3 Å². The van der Waals surface area contributed by atoms with Gasteiger partial charge in [-0.25, -0.2) is 0 Å². The molecular formula is C16H28N2O. The van der Waals surface area contributed by atoms with E-state index in [2.05, 4.69) is 50.1 Å². The molecule has 0 spiro atoms. The fourth-order valence-electron chi connectivity index (χ4n) is 2.25. The highest BCUT2D eigenvalue weighted by Gasteiger charge is 2.15. The molecule has 108 valence electrons. The third-order valence-corrected chi connectivity index (χ3v) is 3.46. The number of methoxy groups -OCH3 is 1. The fraction of sp³-hybridized carbons (Fsp3) is 0.625. The second-order valence-corrected chi connectivity index (χ2v) is 5.59. The van der Waals surface area contributed by atoms with E-state index < -0.39 is 0 Å². The molecule has 1 unspecified atom stereocenters.